The van der Waals surface area contributed by atoms with Crippen LogP contribution >= 0.6 is 11.3 Å². The summed E-state index contributed by atoms with van der Waals surface area (Å²) in [5.41, 5.74) is 2.12. The zero-order valence-corrected chi connectivity index (χ0v) is 13.4. The Labute approximate surface area is 138 Å². The normalized spacial score (nSPS) is 19.4. The van der Waals surface area contributed by atoms with Crippen LogP contribution in [0, 0.1) is 0 Å². The smallest absolute Gasteiger partial charge is 0.261 e. The Hall–Kier alpha value is -1.89. The third-order valence-electron chi connectivity index (χ3n) is 3.92. The maximum Gasteiger partial charge on any atom is 0.261 e. The van der Waals surface area contributed by atoms with E-state index in [9.17, 15) is 4.79 Å². The molecule has 1 fully saturated rings. The quantitative estimate of drug-likeness (QED) is 0.939. The topological polar surface area (TPSA) is 56.8 Å². The Morgan fingerprint density at radius 2 is 2.22 bits per heavy atom. The zero-order chi connectivity index (χ0) is 15.6. The number of carbonyl (C=O) groups is 1. The number of amides is 1. The molecular formula is C17H17NO4S. The fraction of sp³-hybridized carbons (Fsp3) is 0.353. The van der Waals surface area contributed by atoms with Crippen LogP contribution in [-0.2, 0) is 16.1 Å². The van der Waals surface area contributed by atoms with E-state index in [1.165, 1.54) is 11.3 Å². The van der Waals surface area contributed by atoms with Crippen molar-refractivity contribution in [1.82, 2.24) is 5.32 Å². The Bertz CT molecular complexity index is 721. The van der Waals surface area contributed by atoms with Crippen LogP contribution in [0.3, 0.4) is 0 Å². The highest BCUT2D eigenvalue weighted by Crippen LogP contribution is 2.42. The van der Waals surface area contributed by atoms with Gasteiger partial charge in [-0.1, -0.05) is 12.1 Å². The number of hydrogen-bond acceptors (Lipinski definition) is 5. The van der Waals surface area contributed by atoms with Crippen molar-refractivity contribution in [3.05, 3.63) is 40.8 Å². The average Bonchev–Trinajstić information content (AvgIpc) is 3.05. The highest BCUT2D eigenvalue weighted by atomic mass is 32.1. The summed E-state index contributed by atoms with van der Waals surface area (Å²) in [6.45, 7) is 2.72. The molecule has 1 amide bonds. The lowest BCUT2D eigenvalue weighted by molar-refractivity contribution is -0.0855. The van der Waals surface area contributed by atoms with Crippen LogP contribution in [0.5, 0.6) is 5.75 Å². The van der Waals surface area contributed by atoms with E-state index in [-0.39, 0.29) is 12.0 Å². The molecule has 2 aromatic rings. The Kier molecular flexibility index (Phi) is 4.03. The number of benzene rings is 1. The van der Waals surface area contributed by atoms with E-state index in [0.717, 1.165) is 21.8 Å². The Morgan fingerprint density at radius 3 is 3.09 bits per heavy atom. The number of carbonyl (C=O) groups excluding carboxylic acids is 1. The van der Waals surface area contributed by atoms with Crippen molar-refractivity contribution in [1.29, 1.82) is 0 Å². The van der Waals surface area contributed by atoms with Gasteiger partial charge in [-0.05, 0) is 18.2 Å². The molecule has 0 bridgehead atoms. The van der Waals surface area contributed by atoms with Crippen LogP contribution in [0.2, 0.25) is 0 Å². The third kappa shape index (κ3) is 2.97. The molecular weight excluding hydrogens is 314 g/mol. The summed E-state index contributed by atoms with van der Waals surface area (Å²) in [5, 5.41) is 2.93. The minimum absolute atomic E-state index is 0.0636. The second-order valence-electron chi connectivity index (χ2n) is 5.53. The molecule has 1 atom stereocenters. The SMILES string of the molecule is O=C(NCC1COCCO1)c1cc2c(s1)-c1ccccc1OC2. The van der Waals surface area contributed by atoms with Crippen molar-refractivity contribution < 1.29 is 19.0 Å². The molecule has 0 saturated carbocycles. The Morgan fingerprint density at radius 1 is 1.30 bits per heavy atom. The van der Waals surface area contributed by atoms with Crippen LogP contribution in [-0.4, -0.2) is 38.4 Å². The van der Waals surface area contributed by atoms with Crippen molar-refractivity contribution in [2.24, 2.45) is 0 Å². The minimum atomic E-state index is -0.0731. The first kappa shape index (κ1) is 14.7. The van der Waals surface area contributed by atoms with Crippen LogP contribution in [0.4, 0.5) is 0 Å². The van der Waals surface area contributed by atoms with Gasteiger partial charge >= 0.3 is 0 Å². The molecule has 1 aromatic carbocycles. The van der Waals surface area contributed by atoms with Gasteiger partial charge < -0.3 is 19.5 Å². The molecule has 1 unspecified atom stereocenters. The first-order chi connectivity index (χ1) is 11.3. The first-order valence-electron chi connectivity index (χ1n) is 7.64. The van der Waals surface area contributed by atoms with Gasteiger partial charge in [0.25, 0.3) is 5.91 Å². The lowest BCUT2D eigenvalue weighted by Gasteiger charge is -2.22. The van der Waals surface area contributed by atoms with E-state index in [4.69, 9.17) is 14.2 Å². The van der Waals surface area contributed by atoms with E-state index < -0.39 is 0 Å². The molecule has 4 rings (SSSR count). The molecule has 1 N–H and O–H groups in total. The lowest BCUT2D eigenvalue weighted by atomic mass is 10.1. The summed E-state index contributed by atoms with van der Waals surface area (Å²) >= 11 is 1.51. The molecule has 0 spiro atoms. The molecule has 2 aliphatic rings. The zero-order valence-electron chi connectivity index (χ0n) is 12.5. The fourth-order valence-corrected chi connectivity index (χ4v) is 3.87. The third-order valence-corrected chi connectivity index (χ3v) is 5.13. The molecule has 0 radical (unpaired) electrons. The molecule has 0 aliphatic carbocycles. The maximum absolute atomic E-state index is 12.4. The first-order valence-corrected chi connectivity index (χ1v) is 8.45. The minimum Gasteiger partial charge on any atom is -0.488 e. The number of hydrogen-bond donors (Lipinski definition) is 1. The number of ether oxygens (including phenoxy) is 3. The van der Waals surface area contributed by atoms with E-state index in [1.807, 2.05) is 30.3 Å². The molecule has 3 heterocycles. The molecule has 1 saturated heterocycles. The van der Waals surface area contributed by atoms with Crippen LogP contribution in [0.1, 0.15) is 15.2 Å². The van der Waals surface area contributed by atoms with Gasteiger partial charge in [-0.25, -0.2) is 0 Å². The fourth-order valence-electron chi connectivity index (χ4n) is 2.76. The van der Waals surface area contributed by atoms with Crippen molar-refractivity contribution in [2.45, 2.75) is 12.7 Å². The van der Waals surface area contributed by atoms with E-state index >= 15 is 0 Å². The predicted octanol–water partition coefficient (Wildman–Crippen LogP) is 2.45. The van der Waals surface area contributed by atoms with Gasteiger partial charge in [0.05, 0.1) is 30.8 Å². The molecule has 120 valence electrons. The van der Waals surface area contributed by atoms with Crippen molar-refractivity contribution >= 4 is 17.2 Å². The second kappa shape index (κ2) is 6.31. The van der Waals surface area contributed by atoms with Crippen molar-refractivity contribution in [3.8, 4) is 16.2 Å². The summed E-state index contributed by atoms with van der Waals surface area (Å²) in [6, 6.07) is 9.84. The highest BCUT2D eigenvalue weighted by Gasteiger charge is 2.23. The molecule has 23 heavy (non-hydrogen) atoms. The van der Waals surface area contributed by atoms with Gasteiger partial charge in [0.1, 0.15) is 12.4 Å². The van der Waals surface area contributed by atoms with Crippen LogP contribution < -0.4 is 10.1 Å². The van der Waals surface area contributed by atoms with Crippen LogP contribution in [0.15, 0.2) is 30.3 Å². The van der Waals surface area contributed by atoms with Crippen molar-refractivity contribution in [3.63, 3.8) is 0 Å². The van der Waals surface area contributed by atoms with Gasteiger partial charge in [0.2, 0.25) is 0 Å². The van der Waals surface area contributed by atoms with E-state index in [2.05, 4.69) is 5.32 Å². The van der Waals surface area contributed by atoms with Gasteiger partial charge in [-0.3, -0.25) is 4.79 Å². The van der Waals surface area contributed by atoms with Gasteiger partial charge in [-0.2, -0.15) is 0 Å². The van der Waals surface area contributed by atoms with Crippen molar-refractivity contribution in [2.75, 3.05) is 26.4 Å². The number of fused-ring (bicyclic) bond motifs is 3. The standard InChI is InChI=1S/C17H17NO4S/c19-17(18-8-12-10-20-5-6-21-12)15-7-11-9-22-14-4-2-1-3-13(14)16(11)23-15/h1-4,7,12H,5-6,8-10H2,(H,18,19). The van der Waals surface area contributed by atoms with Gasteiger partial charge in [0, 0.05) is 22.5 Å². The molecule has 5 nitrogen and oxygen atoms in total. The lowest BCUT2D eigenvalue weighted by Crippen LogP contribution is -2.39. The number of nitrogens with one attached hydrogen (secondary N) is 1. The average molecular weight is 331 g/mol. The maximum atomic E-state index is 12.4. The molecule has 2 aliphatic heterocycles. The summed E-state index contributed by atoms with van der Waals surface area (Å²) in [4.78, 5) is 14.2. The molecule has 1 aromatic heterocycles. The monoisotopic (exact) mass is 331 g/mol. The summed E-state index contributed by atoms with van der Waals surface area (Å²) in [7, 11) is 0. The van der Waals surface area contributed by atoms with E-state index in [1.54, 1.807) is 0 Å². The Balaban J connectivity index is 1.48. The number of rotatable bonds is 3. The largest absolute Gasteiger partial charge is 0.488 e. The van der Waals surface area contributed by atoms with Gasteiger partial charge in [-0.15, -0.1) is 11.3 Å². The van der Waals surface area contributed by atoms with E-state index in [0.29, 0.717) is 37.8 Å². The van der Waals surface area contributed by atoms with Crippen LogP contribution in [0.25, 0.3) is 10.4 Å². The summed E-state index contributed by atoms with van der Waals surface area (Å²) in [5.74, 6) is 0.803. The summed E-state index contributed by atoms with van der Waals surface area (Å²) < 4.78 is 16.6. The number of para-hydroxylation sites is 1. The number of thiophene rings is 1. The molecule has 6 heteroatoms. The summed E-state index contributed by atoms with van der Waals surface area (Å²) in [6.07, 6.45) is -0.0636. The van der Waals surface area contributed by atoms with Gasteiger partial charge in [0.15, 0.2) is 0 Å². The second-order valence-corrected chi connectivity index (χ2v) is 6.58. The highest BCUT2D eigenvalue weighted by molar-refractivity contribution is 7.17. The predicted molar refractivity (Wildman–Crippen MR) is 87.0 cm³/mol.